The van der Waals surface area contributed by atoms with E-state index in [1.165, 1.54) is 56.8 Å². The van der Waals surface area contributed by atoms with Gasteiger partial charge in [0.1, 0.15) is 5.75 Å². The fraction of sp³-hybridized carbons (Fsp3) is 0.300. The van der Waals surface area contributed by atoms with Gasteiger partial charge in [0.15, 0.2) is 0 Å². The Hall–Kier alpha value is -4.64. The van der Waals surface area contributed by atoms with Crippen molar-refractivity contribution >= 4 is 60.6 Å². The Bertz CT molecular complexity index is 1950. The van der Waals surface area contributed by atoms with Gasteiger partial charge in [0.05, 0.1) is 5.56 Å². The average molecular weight is 599 g/mol. The second-order valence-corrected chi connectivity index (χ2v) is 12.3. The molecule has 3 N–H and O–H groups in total. The van der Waals surface area contributed by atoms with Gasteiger partial charge in [-0.15, -0.1) is 0 Å². The highest BCUT2D eigenvalue weighted by Gasteiger charge is 2.17. The van der Waals surface area contributed by atoms with Gasteiger partial charge in [0.2, 0.25) is 0 Å². The predicted octanol–water partition coefficient (Wildman–Crippen LogP) is 10.3. The number of hydrogen-bond donors (Lipinski definition) is 3. The maximum absolute atomic E-state index is 13.5. The Balaban J connectivity index is 1.10. The van der Waals surface area contributed by atoms with Crippen LogP contribution < -0.4 is 10.6 Å². The lowest BCUT2D eigenvalue weighted by Crippen LogP contribution is -2.24. The van der Waals surface area contributed by atoms with Crippen molar-refractivity contribution in [2.75, 3.05) is 11.9 Å². The highest BCUT2D eigenvalue weighted by Crippen LogP contribution is 2.38. The van der Waals surface area contributed by atoms with E-state index in [0.29, 0.717) is 17.8 Å². The zero-order valence-electron chi connectivity index (χ0n) is 26.1. The Morgan fingerprint density at radius 2 is 1.22 bits per heavy atom. The van der Waals surface area contributed by atoms with Crippen molar-refractivity contribution in [2.45, 2.75) is 71.1 Å². The van der Waals surface area contributed by atoms with E-state index < -0.39 is 5.91 Å². The molecule has 0 saturated carbocycles. The first-order valence-corrected chi connectivity index (χ1v) is 16.6. The third-order valence-electron chi connectivity index (χ3n) is 9.05. The Kier molecular flexibility index (Phi) is 9.44. The van der Waals surface area contributed by atoms with Gasteiger partial charge >= 0.3 is 0 Å². The number of nitrogens with one attached hydrogen (secondary N) is 2. The average Bonchev–Trinajstić information content (AvgIpc) is 3.06. The molecule has 0 heterocycles. The first-order valence-electron chi connectivity index (χ1n) is 16.6. The monoisotopic (exact) mass is 598 g/mol. The lowest BCUT2D eigenvalue weighted by Gasteiger charge is -2.15. The lowest BCUT2D eigenvalue weighted by molar-refractivity contribution is 0.0952. The largest absolute Gasteiger partial charge is 0.507 e. The van der Waals surface area contributed by atoms with Crippen molar-refractivity contribution in [3.63, 3.8) is 0 Å². The van der Waals surface area contributed by atoms with Gasteiger partial charge in [-0.25, -0.2) is 0 Å². The Labute approximate surface area is 265 Å². The summed E-state index contributed by atoms with van der Waals surface area (Å²) in [7, 11) is 0. The first kappa shape index (κ1) is 30.4. The molecule has 0 aliphatic heterocycles. The molecule has 5 nitrogen and oxygen atoms in total. The number of phenolic OH excluding ortho intramolecular Hbond substituents is 1. The fourth-order valence-electron chi connectivity index (χ4n) is 6.56. The number of hydrogen-bond acceptors (Lipinski definition) is 3. The number of carbonyl (C=O) groups excluding carboxylic acids is 2. The van der Waals surface area contributed by atoms with Crippen molar-refractivity contribution in [3.8, 4) is 5.75 Å². The molecular weight excluding hydrogens is 556 g/mol. The van der Waals surface area contributed by atoms with Gasteiger partial charge in [-0.05, 0) is 74.5 Å². The molecule has 0 aliphatic carbocycles. The third kappa shape index (κ3) is 6.73. The molecule has 0 fully saturated rings. The summed E-state index contributed by atoms with van der Waals surface area (Å²) >= 11 is 0. The van der Waals surface area contributed by atoms with E-state index in [1.54, 1.807) is 24.3 Å². The summed E-state index contributed by atoms with van der Waals surface area (Å²) in [5.74, 6) is -0.628. The van der Waals surface area contributed by atoms with E-state index in [1.807, 2.05) is 24.3 Å². The summed E-state index contributed by atoms with van der Waals surface area (Å²) in [6.07, 6.45) is 12.6. The van der Waals surface area contributed by atoms with E-state index in [9.17, 15) is 14.7 Å². The smallest absolute Gasteiger partial charge is 0.259 e. The topological polar surface area (TPSA) is 78.4 Å². The van der Waals surface area contributed by atoms with Crippen LogP contribution in [0.4, 0.5) is 5.69 Å². The number of unbranched alkanes of at least 4 members (excludes halogenated alkanes) is 9. The number of fused-ring (bicyclic) bond motifs is 1. The van der Waals surface area contributed by atoms with Gasteiger partial charge in [-0.2, -0.15) is 0 Å². The van der Waals surface area contributed by atoms with E-state index >= 15 is 0 Å². The molecule has 0 spiro atoms. The summed E-state index contributed by atoms with van der Waals surface area (Å²) in [5.41, 5.74) is 1.39. The standard InChI is InChI=1S/C40H42N2O3/c1-2-3-4-5-6-7-8-9-10-11-23-41-39(44)31-18-17-30-26-36(43)34(25-32(30)24-31)40(45)42-35-22-20-29-16-15-27-13-12-14-28-19-21-33(35)38(29)37(27)28/h12-22,24-26,43H,2-11,23H2,1H3,(H,41,44)(H,42,45). The summed E-state index contributed by atoms with van der Waals surface area (Å²) in [6.45, 7) is 2.90. The van der Waals surface area contributed by atoms with Crippen molar-refractivity contribution in [1.82, 2.24) is 5.32 Å². The zero-order valence-corrected chi connectivity index (χ0v) is 26.1. The predicted molar refractivity (Wildman–Crippen MR) is 188 cm³/mol. The summed E-state index contributed by atoms with van der Waals surface area (Å²) in [6, 6.07) is 27.2. The molecule has 0 aromatic heterocycles. The van der Waals surface area contributed by atoms with Crippen LogP contribution in [-0.4, -0.2) is 23.5 Å². The highest BCUT2D eigenvalue weighted by atomic mass is 16.3. The first-order chi connectivity index (χ1) is 22.0. The van der Waals surface area contributed by atoms with E-state index in [-0.39, 0.29) is 17.2 Å². The van der Waals surface area contributed by atoms with Crippen LogP contribution in [0.3, 0.4) is 0 Å². The number of amides is 2. The highest BCUT2D eigenvalue weighted by molar-refractivity contribution is 6.26. The molecule has 0 atom stereocenters. The molecule has 0 unspecified atom stereocenters. The van der Waals surface area contributed by atoms with Crippen LogP contribution in [0.15, 0.2) is 84.9 Å². The van der Waals surface area contributed by atoms with Gasteiger partial charge in [-0.3, -0.25) is 9.59 Å². The normalized spacial score (nSPS) is 11.6. The van der Waals surface area contributed by atoms with Crippen LogP contribution in [0.2, 0.25) is 0 Å². The molecule has 6 rings (SSSR count). The Morgan fingerprint density at radius 1 is 0.600 bits per heavy atom. The minimum Gasteiger partial charge on any atom is -0.507 e. The lowest BCUT2D eigenvalue weighted by atomic mass is 9.93. The summed E-state index contributed by atoms with van der Waals surface area (Å²) in [4.78, 5) is 26.4. The molecule has 0 aliphatic rings. The molecule has 45 heavy (non-hydrogen) atoms. The number of benzene rings is 6. The fourth-order valence-corrected chi connectivity index (χ4v) is 6.56. The van der Waals surface area contributed by atoms with Gasteiger partial charge in [0, 0.05) is 23.2 Å². The minimum absolute atomic E-state index is 0.101. The number of carbonyl (C=O) groups is 2. The van der Waals surface area contributed by atoms with Crippen LogP contribution in [-0.2, 0) is 0 Å². The van der Waals surface area contributed by atoms with Gasteiger partial charge in [-0.1, -0.05) is 119 Å². The zero-order chi connectivity index (χ0) is 31.2. The van der Waals surface area contributed by atoms with Crippen LogP contribution in [0.5, 0.6) is 5.75 Å². The molecular formula is C40H42N2O3. The van der Waals surface area contributed by atoms with Gasteiger partial charge in [0.25, 0.3) is 11.8 Å². The van der Waals surface area contributed by atoms with Crippen LogP contribution in [0.1, 0.15) is 91.8 Å². The van der Waals surface area contributed by atoms with Gasteiger partial charge < -0.3 is 15.7 Å². The van der Waals surface area contributed by atoms with E-state index in [4.69, 9.17) is 0 Å². The summed E-state index contributed by atoms with van der Waals surface area (Å²) in [5, 5.41) is 25.0. The van der Waals surface area contributed by atoms with E-state index in [2.05, 4.69) is 54.0 Å². The van der Waals surface area contributed by atoms with Crippen molar-refractivity contribution < 1.29 is 14.7 Å². The molecule has 2 amide bonds. The van der Waals surface area contributed by atoms with Crippen molar-refractivity contribution in [2.24, 2.45) is 0 Å². The van der Waals surface area contributed by atoms with Crippen LogP contribution >= 0.6 is 0 Å². The maximum atomic E-state index is 13.5. The molecule has 0 radical (unpaired) electrons. The SMILES string of the molecule is CCCCCCCCCCCCNC(=O)c1ccc2cc(O)c(C(=O)Nc3ccc4ccc5cccc6ccc3c4c56)cc2c1. The van der Waals surface area contributed by atoms with Crippen LogP contribution in [0.25, 0.3) is 43.1 Å². The van der Waals surface area contributed by atoms with Crippen molar-refractivity contribution in [3.05, 3.63) is 96.1 Å². The maximum Gasteiger partial charge on any atom is 0.259 e. The Morgan fingerprint density at radius 3 is 1.96 bits per heavy atom. The molecule has 0 bridgehead atoms. The molecule has 0 saturated heterocycles. The minimum atomic E-state index is -0.403. The third-order valence-corrected chi connectivity index (χ3v) is 9.05. The van der Waals surface area contributed by atoms with Crippen molar-refractivity contribution in [1.29, 1.82) is 0 Å². The second kappa shape index (κ2) is 14.0. The second-order valence-electron chi connectivity index (χ2n) is 12.3. The molecule has 6 aromatic rings. The quantitative estimate of drug-likeness (QED) is 0.0862. The molecule has 230 valence electrons. The summed E-state index contributed by atoms with van der Waals surface area (Å²) < 4.78 is 0. The molecule has 5 heteroatoms. The van der Waals surface area contributed by atoms with Crippen LogP contribution in [0, 0.1) is 0 Å². The molecule has 6 aromatic carbocycles. The number of anilines is 1. The number of aromatic hydroxyl groups is 1. The number of phenols is 1. The number of rotatable bonds is 14. The van der Waals surface area contributed by atoms with E-state index in [0.717, 1.165) is 50.5 Å².